The number of amides is 1. The Labute approximate surface area is 177 Å². The fourth-order valence-electron chi connectivity index (χ4n) is 2.74. The molecule has 0 spiro atoms. The average Bonchev–Trinajstić information content (AvgIpc) is 3.12. The van der Waals surface area contributed by atoms with Gasteiger partial charge in [-0.25, -0.2) is 9.37 Å². The molecule has 1 amide bonds. The minimum Gasteiger partial charge on any atom is -0.457 e. The molecular weight excluding hydrogens is 401 g/mol. The first-order chi connectivity index (χ1) is 14.6. The number of hydrogen-bond donors (Lipinski definition) is 2. The molecule has 0 aliphatic carbocycles. The number of nitrogens with zero attached hydrogens (tertiary/aromatic N) is 1. The number of hydrogen-bond acceptors (Lipinski definition) is 5. The zero-order chi connectivity index (χ0) is 20.9. The van der Waals surface area contributed by atoms with Gasteiger partial charge in [0.05, 0.1) is 5.69 Å². The number of rotatable bonds is 6. The highest BCUT2D eigenvalue weighted by Gasteiger charge is 2.16. The third kappa shape index (κ3) is 4.82. The van der Waals surface area contributed by atoms with E-state index in [4.69, 9.17) is 4.74 Å². The molecule has 0 fully saturated rings. The highest BCUT2D eigenvalue weighted by molar-refractivity contribution is 7.17. The Morgan fingerprint density at radius 1 is 0.900 bits per heavy atom. The maximum absolute atomic E-state index is 13.0. The van der Waals surface area contributed by atoms with E-state index in [0.29, 0.717) is 32.8 Å². The van der Waals surface area contributed by atoms with Crippen molar-refractivity contribution < 1.29 is 13.9 Å². The predicted molar refractivity (Wildman–Crippen MR) is 117 cm³/mol. The van der Waals surface area contributed by atoms with Crippen molar-refractivity contribution in [1.82, 2.24) is 4.98 Å². The first-order valence-corrected chi connectivity index (χ1v) is 10.0. The van der Waals surface area contributed by atoms with Crippen molar-refractivity contribution in [3.05, 3.63) is 95.3 Å². The van der Waals surface area contributed by atoms with Gasteiger partial charge in [0.25, 0.3) is 5.91 Å². The molecule has 150 valence electrons. The molecule has 2 N–H and O–H groups in total. The molecule has 30 heavy (non-hydrogen) atoms. The largest absolute Gasteiger partial charge is 0.457 e. The number of para-hydroxylation sites is 1. The molecule has 1 aromatic heterocycles. The van der Waals surface area contributed by atoms with E-state index >= 15 is 0 Å². The maximum Gasteiger partial charge on any atom is 0.267 e. The van der Waals surface area contributed by atoms with Crippen molar-refractivity contribution in [3.63, 3.8) is 0 Å². The Hall–Kier alpha value is -3.71. The summed E-state index contributed by atoms with van der Waals surface area (Å²) in [7, 11) is 0. The molecule has 0 saturated heterocycles. The molecule has 0 radical (unpaired) electrons. The lowest BCUT2D eigenvalue weighted by molar-refractivity contribution is 0.103. The quantitative estimate of drug-likeness (QED) is 0.381. The molecule has 4 aromatic rings. The molecule has 0 unspecified atom stereocenters. The standard InChI is InChI=1S/C23H18FN3O2S/c1-15-21(30-23(25-15)27-18-9-7-16(24)8-10-18)22(28)26-17-11-13-20(14-12-17)29-19-5-3-2-4-6-19/h2-14H,1H3,(H,25,27)(H,26,28). The van der Waals surface area contributed by atoms with E-state index in [-0.39, 0.29) is 11.7 Å². The highest BCUT2D eigenvalue weighted by Crippen LogP contribution is 2.27. The second kappa shape index (κ2) is 8.75. The number of aryl methyl sites for hydroxylation is 1. The van der Waals surface area contributed by atoms with Crippen LogP contribution in [0.3, 0.4) is 0 Å². The van der Waals surface area contributed by atoms with Gasteiger partial charge in [0.2, 0.25) is 0 Å². The smallest absolute Gasteiger partial charge is 0.267 e. The number of anilines is 3. The summed E-state index contributed by atoms with van der Waals surface area (Å²) in [6.45, 7) is 1.78. The number of halogens is 1. The van der Waals surface area contributed by atoms with Crippen LogP contribution in [0.1, 0.15) is 15.4 Å². The number of carbonyl (C=O) groups excluding carboxylic acids is 1. The van der Waals surface area contributed by atoms with Crippen LogP contribution < -0.4 is 15.4 Å². The van der Waals surface area contributed by atoms with Gasteiger partial charge in [-0.15, -0.1) is 0 Å². The maximum atomic E-state index is 13.0. The average molecular weight is 419 g/mol. The molecule has 3 aromatic carbocycles. The summed E-state index contributed by atoms with van der Waals surface area (Å²) in [6, 6.07) is 22.6. The van der Waals surface area contributed by atoms with Crippen LogP contribution in [-0.4, -0.2) is 10.9 Å². The Kier molecular flexibility index (Phi) is 5.72. The van der Waals surface area contributed by atoms with Gasteiger partial charge in [-0.1, -0.05) is 29.5 Å². The number of thiazole rings is 1. The second-order valence-electron chi connectivity index (χ2n) is 6.46. The minimum atomic E-state index is -0.309. The van der Waals surface area contributed by atoms with Gasteiger partial charge >= 0.3 is 0 Å². The molecule has 0 aliphatic rings. The van der Waals surface area contributed by atoms with Crippen LogP contribution in [0.25, 0.3) is 0 Å². The summed E-state index contributed by atoms with van der Waals surface area (Å²) in [5.41, 5.74) is 1.97. The summed E-state index contributed by atoms with van der Waals surface area (Å²) in [4.78, 5) is 17.6. The fourth-order valence-corrected chi connectivity index (χ4v) is 3.62. The Balaban J connectivity index is 1.41. The summed E-state index contributed by atoms with van der Waals surface area (Å²) >= 11 is 1.24. The van der Waals surface area contributed by atoms with Crippen LogP contribution in [0.4, 0.5) is 20.9 Å². The number of ether oxygens (including phenoxy) is 1. The van der Waals surface area contributed by atoms with E-state index in [1.165, 1.54) is 23.5 Å². The van der Waals surface area contributed by atoms with E-state index in [9.17, 15) is 9.18 Å². The van der Waals surface area contributed by atoms with Crippen LogP contribution in [-0.2, 0) is 0 Å². The van der Waals surface area contributed by atoms with Crippen molar-refractivity contribution in [2.75, 3.05) is 10.6 Å². The van der Waals surface area contributed by atoms with E-state index in [2.05, 4.69) is 15.6 Å². The van der Waals surface area contributed by atoms with Crippen LogP contribution in [0.2, 0.25) is 0 Å². The topological polar surface area (TPSA) is 63.2 Å². The summed E-state index contributed by atoms with van der Waals surface area (Å²) in [5.74, 6) is 0.875. The van der Waals surface area contributed by atoms with Gasteiger partial charge in [0.1, 0.15) is 22.2 Å². The molecule has 1 heterocycles. The Morgan fingerprint density at radius 3 is 2.23 bits per heavy atom. The van der Waals surface area contributed by atoms with E-state index in [1.807, 2.05) is 30.3 Å². The lowest BCUT2D eigenvalue weighted by Gasteiger charge is -2.07. The second-order valence-corrected chi connectivity index (χ2v) is 7.46. The summed E-state index contributed by atoms with van der Waals surface area (Å²) in [5, 5.41) is 6.52. The van der Waals surface area contributed by atoms with Crippen molar-refractivity contribution in [2.24, 2.45) is 0 Å². The normalized spacial score (nSPS) is 10.5. The molecule has 5 nitrogen and oxygen atoms in total. The summed E-state index contributed by atoms with van der Waals surface area (Å²) in [6.07, 6.45) is 0. The lowest BCUT2D eigenvalue weighted by atomic mass is 10.3. The van der Waals surface area contributed by atoms with Gasteiger partial charge < -0.3 is 15.4 Å². The minimum absolute atomic E-state index is 0.242. The highest BCUT2D eigenvalue weighted by atomic mass is 32.1. The van der Waals surface area contributed by atoms with Crippen LogP contribution in [0.15, 0.2) is 78.9 Å². The van der Waals surface area contributed by atoms with Crippen molar-refractivity contribution in [3.8, 4) is 11.5 Å². The van der Waals surface area contributed by atoms with E-state index in [1.54, 1.807) is 43.3 Å². The molecule has 4 rings (SSSR count). The SMILES string of the molecule is Cc1nc(Nc2ccc(F)cc2)sc1C(=O)Nc1ccc(Oc2ccccc2)cc1. The van der Waals surface area contributed by atoms with Gasteiger partial charge in [-0.2, -0.15) is 0 Å². The van der Waals surface area contributed by atoms with Gasteiger partial charge in [-0.3, -0.25) is 4.79 Å². The van der Waals surface area contributed by atoms with Crippen molar-refractivity contribution >= 4 is 33.8 Å². The monoisotopic (exact) mass is 419 g/mol. The molecular formula is C23H18FN3O2S. The van der Waals surface area contributed by atoms with Crippen LogP contribution in [0, 0.1) is 12.7 Å². The Bertz CT molecular complexity index is 1140. The third-order valence-corrected chi connectivity index (χ3v) is 5.26. The van der Waals surface area contributed by atoms with Gasteiger partial charge in [0.15, 0.2) is 5.13 Å². The Morgan fingerprint density at radius 2 is 1.53 bits per heavy atom. The summed E-state index contributed by atoms with van der Waals surface area (Å²) < 4.78 is 18.8. The van der Waals surface area contributed by atoms with E-state index < -0.39 is 0 Å². The van der Waals surface area contributed by atoms with Crippen molar-refractivity contribution in [2.45, 2.75) is 6.92 Å². The van der Waals surface area contributed by atoms with Gasteiger partial charge in [-0.05, 0) is 67.6 Å². The number of carbonyl (C=O) groups is 1. The number of benzene rings is 3. The molecule has 0 atom stereocenters. The fraction of sp³-hybridized carbons (Fsp3) is 0.0435. The first kappa shape index (κ1) is 19.6. The zero-order valence-corrected chi connectivity index (χ0v) is 16.9. The molecule has 0 bridgehead atoms. The number of nitrogens with one attached hydrogen (secondary N) is 2. The third-order valence-electron chi connectivity index (χ3n) is 4.19. The van der Waals surface area contributed by atoms with Gasteiger partial charge in [0, 0.05) is 11.4 Å². The first-order valence-electron chi connectivity index (χ1n) is 9.21. The van der Waals surface area contributed by atoms with Crippen LogP contribution >= 0.6 is 11.3 Å². The van der Waals surface area contributed by atoms with Crippen molar-refractivity contribution in [1.29, 1.82) is 0 Å². The van der Waals surface area contributed by atoms with E-state index in [0.717, 1.165) is 5.75 Å². The predicted octanol–water partition coefficient (Wildman–Crippen LogP) is 6.38. The van der Waals surface area contributed by atoms with Crippen LogP contribution in [0.5, 0.6) is 11.5 Å². The lowest BCUT2D eigenvalue weighted by Crippen LogP contribution is -2.11. The molecule has 7 heteroatoms. The molecule has 0 aliphatic heterocycles. The number of aromatic nitrogens is 1. The molecule has 0 saturated carbocycles. The zero-order valence-electron chi connectivity index (χ0n) is 16.1.